The van der Waals surface area contributed by atoms with Crippen LogP contribution >= 0.6 is 0 Å². The number of hydrogen-bond donors (Lipinski definition) is 0. The molecule has 0 aliphatic carbocycles. The summed E-state index contributed by atoms with van der Waals surface area (Å²) < 4.78 is 11.5. The number of aromatic nitrogens is 2. The number of piperidine rings is 1. The van der Waals surface area contributed by atoms with E-state index in [4.69, 9.17) is 9.47 Å². The van der Waals surface area contributed by atoms with Gasteiger partial charge in [0, 0.05) is 24.8 Å². The SMILES string of the molecule is COc1ncc2c(n1)-c1ccccc1OC2N1CCCCC1. The van der Waals surface area contributed by atoms with Crippen molar-refractivity contribution in [2.24, 2.45) is 0 Å². The molecule has 4 rings (SSSR count). The Morgan fingerprint density at radius 1 is 1.18 bits per heavy atom. The Bertz CT molecular complexity index is 683. The van der Waals surface area contributed by atoms with Crippen LogP contribution in [-0.4, -0.2) is 35.1 Å². The first-order chi connectivity index (χ1) is 10.9. The third kappa shape index (κ3) is 2.22. The molecule has 1 aromatic carbocycles. The largest absolute Gasteiger partial charge is 0.470 e. The second-order valence-corrected chi connectivity index (χ2v) is 5.72. The molecule has 3 heterocycles. The molecule has 5 heteroatoms. The van der Waals surface area contributed by atoms with Gasteiger partial charge >= 0.3 is 6.01 Å². The minimum Gasteiger partial charge on any atom is -0.470 e. The lowest BCUT2D eigenvalue weighted by atomic mass is 10.0. The summed E-state index contributed by atoms with van der Waals surface area (Å²) in [5, 5.41) is 0. The van der Waals surface area contributed by atoms with Gasteiger partial charge < -0.3 is 9.47 Å². The van der Waals surface area contributed by atoms with Gasteiger partial charge in [-0.05, 0) is 25.0 Å². The van der Waals surface area contributed by atoms with Crippen LogP contribution in [0.1, 0.15) is 31.1 Å². The molecule has 0 saturated carbocycles. The lowest BCUT2D eigenvalue weighted by molar-refractivity contribution is 0.00809. The van der Waals surface area contributed by atoms with Gasteiger partial charge in [-0.15, -0.1) is 0 Å². The molecule has 0 radical (unpaired) electrons. The molecular weight excluding hydrogens is 278 g/mol. The number of nitrogens with zero attached hydrogens (tertiary/aromatic N) is 3. The molecule has 2 aliphatic rings. The molecular formula is C17H19N3O2. The number of benzene rings is 1. The Balaban J connectivity index is 1.81. The zero-order valence-corrected chi connectivity index (χ0v) is 12.7. The first kappa shape index (κ1) is 13.5. The Morgan fingerprint density at radius 2 is 2.00 bits per heavy atom. The highest BCUT2D eigenvalue weighted by atomic mass is 16.5. The predicted molar refractivity (Wildman–Crippen MR) is 82.8 cm³/mol. The molecule has 114 valence electrons. The zero-order chi connectivity index (χ0) is 14.9. The summed E-state index contributed by atoms with van der Waals surface area (Å²) >= 11 is 0. The molecule has 1 unspecified atom stereocenters. The van der Waals surface area contributed by atoms with Crippen LogP contribution in [-0.2, 0) is 0 Å². The lowest BCUT2D eigenvalue weighted by Gasteiger charge is -2.37. The molecule has 0 spiro atoms. The first-order valence-electron chi connectivity index (χ1n) is 7.78. The van der Waals surface area contributed by atoms with Crippen molar-refractivity contribution in [1.82, 2.24) is 14.9 Å². The van der Waals surface area contributed by atoms with Crippen LogP contribution in [0.2, 0.25) is 0 Å². The Labute approximate surface area is 129 Å². The van der Waals surface area contributed by atoms with Crippen LogP contribution in [0, 0.1) is 0 Å². The number of fused-ring (bicyclic) bond motifs is 3. The van der Waals surface area contributed by atoms with Crippen LogP contribution in [0.4, 0.5) is 0 Å². The molecule has 22 heavy (non-hydrogen) atoms. The third-order valence-electron chi connectivity index (χ3n) is 4.35. The van der Waals surface area contributed by atoms with Crippen molar-refractivity contribution >= 4 is 0 Å². The van der Waals surface area contributed by atoms with E-state index < -0.39 is 0 Å². The van der Waals surface area contributed by atoms with E-state index in [2.05, 4.69) is 14.9 Å². The molecule has 2 aliphatic heterocycles. The van der Waals surface area contributed by atoms with Gasteiger partial charge in [-0.1, -0.05) is 18.6 Å². The van der Waals surface area contributed by atoms with E-state index >= 15 is 0 Å². The van der Waals surface area contributed by atoms with Crippen LogP contribution < -0.4 is 9.47 Å². The number of likely N-dealkylation sites (tertiary alicyclic amines) is 1. The maximum atomic E-state index is 6.28. The molecule has 1 atom stereocenters. The summed E-state index contributed by atoms with van der Waals surface area (Å²) in [5.41, 5.74) is 2.96. The fraction of sp³-hybridized carbons (Fsp3) is 0.412. The molecule has 0 N–H and O–H groups in total. The van der Waals surface area contributed by atoms with E-state index in [1.54, 1.807) is 7.11 Å². The lowest BCUT2D eigenvalue weighted by Crippen LogP contribution is -2.38. The normalized spacial score (nSPS) is 20.7. The van der Waals surface area contributed by atoms with Crippen molar-refractivity contribution in [3.8, 4) is 23.0 Å². The zero-order valence-electron chi connectivity index (χ0n) is 12.7. The minimum absolute atomic E-state index is 0.101. The van der Waals surface area contributed by atoms with Gasteiger partial charge in [-0.3, -0.25) is 4.90 Å². The Kier molecular flexibility index (Phi) is 3.42. The highest BCUT2D eigenvalue weighted by molar-refractivity contribution is 5.72. The van der Waals surface area contributed by atoms with Crippen molar-refractivity contribution in [2.45, 2.75) is 25.5 Å². The molecule has 1 saturated heterocycles. The maximum absolute atomic E-state index is 6.28. The second-order valence-electron chi connectivity index (χ2n) is 5.72. The molecule has 0 bridgehead atoms. The van der Waals surface area contributed by atoms with Gasteiger partial charge in [-0.2, -0.15) is 4.98 Å². The summed E-state index contributed by atoms with van der Waals surface area (Å²) in [4.78, 5) is 11.2. The van der Waals surface area contributed by atoms with E-state index in [0.717, 1.165) is 35.7 Å². The topological polar surface area (TPSA) is 47.5 Å². The second kappa shape index (κ2) is 5.57. The summed E-state index contributed by atoms with van der Waals surface area (Å²) in [5.74, 6) is 0.881. The summed E-state index contributed by atoms with van der Waals surface area (Å²) in [6.07, 6.45) is 5.47. The van der Waals surface area contributed by atoms with E-state index in [1.807, 2.05) is 30.5 Å². The Hall–Kier alpha value is -2.14. The number of hydrogen-bond acceptors (Lipinski definition) is 5. The van der Waals surface area contributed by atoms with Crippen molar-refractivity contribution < 1.29 is 9.47 Å². The van der Waals surface area contributed by atoms with E-state index in [1.165, 1.54) is 19.3 Å². The minimum atomic E-state index is -0.101. The quantitative estimate of drug-likeness (QED) is 0.852. The van der Waals surface area contributed by atoms with Gasteiger partial charge in [0.25, 0.3) is 0 Å². The third-order valence-corrected chi connectivity index (χ3v) is 4.35. The van der Waals surface area contributed by atoms with Crippen molar-refractivity contribution in [3.05, 3.63) is 36.0 Å². The number of para-hydroxylation sites is 1. The van der Waals surface area contributed by atoms with Crippen molar-refractivity contribution in [2.75, 3.05) is 20.2 Å². The Morgan fingerprint density at radius 3 is 2.82 bits per heavy atom. The van der Waals surface area contributed by atoms with Crippen LogP contribution in [0.25, 0.3) is 11.3 Å². The van der Waals surface area contributed by atoms with Crippen LogP contribution in [0.3, 0.4) is 0 Å². The van der Waals surface area contributed by atoms with Crippen molar-refractivity contribution in [1.29, 1.82) is 0 Å². The van der Waals surface area contributed by atoms with Gasteiger partial charge in [0.2, 0.25) is 0 Å². The monoisotopic (exact) mass is 297 g/mol. The van der Waals surface area contributed by atoms with Gasteiger partial charge in [-0.25, -0.2) is 4.98 Å². The maximum Gasteiger partial charge on any atom is 0.316 e. The van der Waals surface area contributed by atoms with Gasteiger partial charge in [0.1, 0.15) is 5.75 Å². The standard InChI is InChI=1S/C17H19N3O2/c1-21-17-18-11-13-15(19-17)12-7-3-4-8-14(12)22-16(13)20-9-5-2-6-10-20/h3-4,7-8,11,16H,2,5-6,9-10H2,1H3. The van der Waals surface area contributed by atoms with E-state index in [-0.39, 0.29) is 6.23 Å². The highest BCUT2D eigenvalue weighted by Crippen LogP contribution is 2.43. The van der Waals surface area contributed by atoms with Crippen LogP contribution in [0.5, 0.6) is 11.8 Å². The fourth-order valence-corrected chi connectivity index (χ4v) is 3.24. The van der Waals surface area contributed by atoms with Gasteiger partial charge in [0.05, 0.1) is 18.4 Å². The van der Waals surface area contributed by atoms with Gasteiger partial charge in [0.15, 0.2) is 6.23 Å². The smallest absolute Gasteiger partial charge is 0.316 e. The predicted octanol–water partition coefficient (Wildman–Crippen LogP) is 3.03. The molecule has 2 aromatic rings. The van der Waals surface area contributed by atoms with E-state index in [0.29, 0.717) is 6.01 Å². The van der Waals surface area contributed by atoms with Crippen LogP contribution in [0.15, 0.2) is 30.5 Å². The molecule has 1 fully saturated rings. The number of ether oxygens (including phenoxy) is 2. The average molecular weight is 297 g/mol. The average Bonchev–Trinajstić information content (AvgIpc) is 2.61. The molecule has 1 aromatic heterocycles. The number of methoxy groups -OCH3 is 1. The van der Waals surface area contributed by atoms with E-state index in [9.17, 15) is 0 Å². The first-order valence-corrected chi connectivity index (χ1v) is 7.78. The molecule has 5 nitrogen and oxygen atoms in total. The summed E-state index contributed by atoms with van der Waals surface area (Å²) in [6, 6.07) is 8.43. The summed E-state index contributed by atoms with van der Waals surface area (Å²) in [6.45, 7) is 2.11. The highest BCUT2D eigenvalue weighted by Gasteiger charge is 2.32. The summed E-state index contributed by atoms with van der Waals surface area (Å²) in [7, 11) is 1.59. The molecule has 0 amide bonds. The fourth-order valence-electron chi connectivity index (χ4n) is 3.24. The number of rotatable bonds is 2. The van der Waals surface area contributed by atoms with Crippen molar-refractivity contribution in [3.63, 3.8) is 0 Å².